The van der Waals surface area contributed by atoms with Gasteiger partial charge in [-0.25, -0.2) is 0 Å². The molecule has 0 N–H and O–H groups in total. The summed E-state index contributed by atoms with van der Waals surface area (Å²) in [7, 11) is -3.26. The van der Waals surface area contributed by atoms with E-state index in [0.717, 1.165) is 0 Å². The number of alkyl halides is 4. The summed E-state index contributed by atoms with van der Waals surface area (Å²) < 4.78 is 22.7. The molecule has 1 atom stereocenters. The van der Waals surface area contributed by atoms with Gasteiger partial charge in [-0.15, -0.1) is 46.4 Å². The first-order valence-corrected chi connectivity index (χ1v) is 8.52. The van der Waals surface area contributed by atoms with Gasteiger partial charge in [-0.3, -0.25) is 4.57 Å². The Morgan fingerprint density at radius 1 is 0.938 bits per heavy atom. The van der Waals surface area contributed by atoms with Gasteiger partial charge in [-0.1, -0.05) is 0 Å². The topological polar surface area (TPSA) is 35.5 Å². The summed E-state index contributed by atoms with van der Waals surface area (Å²) in [6, 6.07) is 0. The van der Waals surface area contributed by atoms with Crippen molar-refractivity contribution in [3.63, 3.8) is 0 Å². The van der Waals surface area contributed by atoms with Gasteiger partial charge in [-0.05, 0) is 6.42 Å². The maximum Gasteiger partial charge on any atom is 0.335 e. The molecule has 0 rings (SSSR count). The van der Waals surface area contributed by atoms with Crippen molar-refractivity contribution in [2.75, 3.05) is 36.7 Å². The van der Waals surface area contributed by atoms with Crippen LogP contribution in [-0.2, 0) is 13.6 Å². The number of halogens is 4. The molecule has 0 aliphatic rings. The van der Waals surface area contributed by atoms with E-state index in [1.165, 1.54) is 0 Å². The SMILES string of the molecule is O=P(OCCCl)(OCCCl)C(CCl)CCCl. The second-order valence-electron chi connectivity index (χ2n) is 2.87. The van der Waals surface area contributed by atoms with Gasteiger partial charge >= 0.3 is 7.60 Å². The van der Waals surface area contributed by atoms with Crippen molar-refractivity contribution in [2.45, 2.75) is 12.1 Å². The Kier molecular flexibility index (Phi) is 11.1. The molecule has 0 aliphatic carbocycles. The Labute approximate surface area is 116 Å². The standard InChI is InChI=1S/C8H15Cl4O3P/c9-2-1-8(7-12)16(13,14-5-3-10)15-6-4-11/h8H,1-7H2. The van der Waals surface area contributed by atoms with E-state index >= 15 is 0 Å². The normalized spacial score (nSPS) is 14.0. The number of hydrogen-bond acceptors (Lipinski definition) is 3. The van der Waals surface area contributed by atoms with Crippen molar-refractivity contribution >= 4 is 54.0 Å². The molecular formula is C8H15Cl4O3P. The van der Waals surface area contributed by atoms with Crippen LogP contribution in [-0.4, -0.2) is 42.4 Å². The molecule has 0 amide bonds. The summed E-state index contributed by atoms with van der Waals surface area (Å²) in [4.78, 5) is 0. The minimum atomic E-state index is -3.26. The second kappa shape index (κ2) is 10.3. The quantitative estimate of drug-likeness (QED) is 0.449. The van der Waals surface area contributed by atoms with Crippen LogP contribution in [0.3, 0.4) is 0 Å². The fourth-order valence-electron chi connectivity index (χ4n) is 1.02. The van der Waals surface area contributed by atoms with Crippen molar-refractivity contribution in [2.24, 2.45) is 0 Å². The third-order valence-electron chi connectivity index (χ3n) is 1.76. The fourth-order valence-corrected chi connectivity index (χ4v) is 4.27. The van der Waals surface area contributed by atoms with Crippen molar-refractivity contribution in [1.82, 2.24) is 0 Å². The van der Waals surface area contributed by atoms with Crippen LogP contribution >= 0.6 is 54.0 Å². The average Bonchev–Trinajstić information content (AvgIpc) is 2.30. The molecule has 0 aliphatic heterocycles. The molecule has 0 radical (unpaired) electrons. The molecule has 0 bridgehead atoms. The predicted octanol–water partition coefficient (Wildman–Crippen LogP) is 3.93. The van der Waals surface area contributed by atoms with E-state index in [1.807, 2.05) is 0 Å². The van der Waals surface area contributed by atoms with E-state index in [-0.39, 0.29) is 30.9 Å². The lowest BCUT2D eigenvalue weighted by atomic mass is 10.4. The minimum Gasteiger partial charge on any atom is -0.307 e. The van der Waals surface area contributed by atoms with E-state index in [9.17, 15) is 4.57 Å². The monoisotopic (exact) mass is 330 g/mol. The summed E-state index contributed by atoms with van der Waals surface area (Å²) in [5.74, 6) is 0.985. The first-order chi connectivity index (χ1) is 7.64. The van der Waals surface area contributed by atoms with Crippen LogP contribution in [0.2, 0.25) is 0 Å². The average molecular weight is 332 g/mol. The van der Waals surface area contributed by atoms with Crippen molar-refractivity contribution in [3.8, 4) is 0 Å². The summed E-state index contributed by atoms with van der Waals surface area (Å²) in [6.07, 6.45) is 0.465. The van der Waals surface area contributed by atoms with Crippen LogP contribution < -0.4 is 0 Å². The van der Waals surface area contributed by atoms with Crippen LogP contribution in [0.4, 0.5) is 0 Å². The van der Waals surface area contributed by atoms with Crippen LogP contribution in [0.5, 0.6) is 0 Å². The molecule has 0 spiro atoms. The predicted molar refractivity (Wildman–Crippen MR) is 70.8 cm³/mol. The number of rotatable bonds is 10. The maximum absolute atomic E-state index is 12.3. The highest BCUT2D eigenvalue weighted by atomic mass is 35.5. The number of hydrogen-bond donors (Lipinski definition) is 0. The highest BCUT2D eigenvalue weighted by Crippen LogP contribution is 2.54. The van der Waals surface area contributed by atoms with Gasteiger partial charge in [0.05, 0.1) is 18.9 Å². The summed E-state index contributed by atoms with van der Waals surface area (Å²) >= 11 is 22.3. The van der Waals surface area contributed by atoms with Gasteiger partial charge in [0.25, 0.3) is 0 Å². The zero-order valence-corrected chi connectivity index (χ0v) is 12.6. The molecule has 0 aromatic rings. The zero-order chi connectivity index (χ0) is 12.4. The molecule has 16 heavy (non-hydrogen) atoms. The molecule has 3 nitrogen and oxygen atoms in total. The molecule has 0 saturated heterocycles. The fraction of sp³-hybridized carbons (Fsp3) is 1.00. The second-order valence-corrected chi connectivity index (χ2v) is 6.64. The van der Waals surface area contributed by atoms with Crippen molar-refractivity contribution in [1.29, 1.82) is 0 Å². The van der Waals surface area contributed by atoms with E-state index in [0.29, 0.717) is 12.3 Å². The van der Waals surface area contributed by atoms with E-state index in [4.69, 9.17) is 55.5 Å². The van der Waals surface area contributed by atoms with Gasteiger partial charge in [0.15, 0.2) is 0 Å². The summed E-state index contributed by atoms with van der Waals surface area (Å²) in [5.41, 5.74) is -0.418. The van der Waals surface area contributed by atoms with Crippen LogP contribution in [0.25, 0.3) is 0 Å². The lowest BCUT2D eigenvalue weighted by Gasteiger charge is -2.24. The van der Waals surface area contributed by atoms with Gasteiger partial charge in [-0.2, -0.15) is 0 Å². The molecule has 0 heterocycles. The third-order valence-corrected chi connectivity index (χ3v) is 5.30. The van der Waals surface area contributed by atoms with Gasteiger partial charge < -0.3 is 9.05 Å². The maximum atomic E-state index is 12.3. The van der Waals surface area contributed by atoms with Crippen molar-refractivity contribution in [3.05, 3.63) is 0 Å². The van der Waals surface area contributed by atoms with Gasteiger partial charge in [0.1, 0.15) is 0 Å². The zero-order valence-electron chi connectivity index (χ0n) is 8.71. The van der Waals surface area contributed by atoms with Crippen LogP contribution in [0, 0.1) is 0 Å². The van der Waals surface area contributed by atoms with E-state index in [1.54, 1.807) is 0 Å². The minimum absolute atomic E-state index is 0.150. The first kappa shape index (κ1) is 17.3. The van der Waals surface area contributed by atoms with Crippen molar-refractivity contribution < 1.29 is 13.6 Å². The highest BCUT2D eigenvalue weighted by Gasteiger charge is 2.34. The molecular weight excluding hydrogens is 317 g/mol. The van der Waals surface area contributed by atoms with E-state index in [2.05, 4.69) is 0 Å². The molecule has 98 valence electrons. The smallest absolute Gasteiger partial charge is 0.307 e. The van der Waals surface area contributed by atoms with Crippen LogP contribution in [0.15, 0.2) is 0 Å². The highest BCUT2D eigenvalue weighted by molar-refractivity contribution is 7.54. The largest absolute Gasteiger partial charge is 0.335 e. The molecule has 0 aromatic carbocycles. The molecule has 1 unspecified atom stereocenters. The lowest BCUT2D eigenvalue weighted by molar-refractivity contribution is 0.215. The molecule has 8 heteroatoms. The van der Waals surface area contributed by atoms with E-state index < -0.39 is 13.3 Å². The first-order valence-electron chi connectivity index (χ1n) is 4.77. The Morgan fingerprint density at radius 3 is 1.75 bits per heavy atom. The third kappa shape index (κ3) is 6.30. The summed E-state index contributed by atoms with van der Waals surface area (Å²) in [6.45, 7) is 0.299. The Bertz CT molecular complexity index is 205. The van der Waals surface area contributed by atoms with Crippen LogP contribution in [0.1, 0.15) is 6.42 Å². The Morgan fingerprint density at radius 2 is 1.44 bits per heavy atom. The molecule has 0 saturated carbocycles. The van der Waals surface area contributed by atoms with Gasteiger partial charge in [0.2, 0.25) is 0 Å². The molecule has 0 fully saturated rings. The lowest BCUT2D eigenvalue weighted by Crippen LogP contribution is -2.17. The summed E-state index contributed by atoms with van der Waals surface area (Å²) in [5, 5.41) is 0. The van der Waals surface area contributed by atoms with Gasteiger partial charge in [0, 0.05) is 23.5 Å². The Hall–Kier alpha value is 1.31. The Balaban J connectivity index is 4.52. The molecule has 0 aromatic heterocycles.